The van der Waals surface area contributed by atoms with Crippen LogP contribution in [0.15, 0.2) is 84.4 Å². The van der Waals surface area contributed by atoms with Crippen LogP contribution in [0.4, 0.5) is 5.69 Å². The molecular formula is C27H26N4O3S. The van der Waals surface area contributed by atoms with Crippen LogP contribution in [0.5, 0.6) is 5.75 Å². The van der Waals surface area contributed by atoms with Gasteiger partial charge in [-0.2, -0.15) is 5.10 Å². The van der Waals surface area contributed by atoms with Crippen LogP contribution in [0.25, 0.3) is 16.6 Å². The van der Waals surface area contributed by atoms with Crippen molar-refractivity contribution in [2.45, 2.75) is 6.54 Å². The molecule has 2 amide bonds. The molecule has 8 heteroatoms. The zero-order chi connectivity index (χ0) is 24.6. The molecule has 2 heterocycles. The van der Waals surface area contributed by atoms with Gasteiger partial charge in [-0.15, -0.1) is 11.3 Å². The second kappa shape index (κ2) is 11.3. The van der Waals surface area contributed by atoms with Crippen molar-refractivity contribution in [3.05, 3.63) is 95.5 Å². The lowest BCUT2D eigenvalue weighted by Gasteiger charge is -2.11. The van der Waals surface area contributed by atoms with E-state index in [9.17, 15) is 9.59 Å². The lowest BCUT2D eigenvalue weighted by molar-refractivity contribution is -0.130. The monoisotopic (exact) mass is 486 g/mol. The second-order valence-electron chi connectivity index (χ2n) is 8.02. The van der Waals surface area contributed by atoms with E-state index in [1.807, 2.05) is 46.6 Å². The standard InChI is InChI=1S/C27H26N4O3S/c1-30(2)26(33)19-34-23-13-11-22(12-14-23)28-25(32)15-10-21-18-31(17-20-7-4-3-5-8-20)29-27(21)24-9-6-16-35-24/h3-16,18H,17,19H2,1-2H3,(H,28,32)/b15-10+. The second-order valence-corrected chi connectivity index (χ2v) is 8.97. The Bertz CT molecular complexity index is 1290. The number of amides is 2. The summed E-state index contributed by atoms with van der Waals surface area (Å²) in [6.07, 6.45) is 5.23. The quantitative estimate of drug-likeness (QED) is 0.346. The minimum absolute atomic E-state index is 0.0357. The minimum atomic E-state index is -0.255. The molecule has 0 radical (unpaired) electrons. The number of benzene rings is 2. The summed E-state index contributed by atoms with van der Waals surface area (Å²) >= 11 is 1.61. The fraction of sp³-hybridized carbons (Fsp3) is 0.148. The molecule has 2 aromatic carbocycles. The molecule has 0 bridgehead atoms. The molecule has 0 fully saturated rings. The van der Waals surface area contributed by atoms with Crippen molar-refractivity contribution in [3.63, 3.8) is 0 Å². The number of anilines is 1. The maximum atomic E-state index is 12.6. The predicted octanol–water partition coefficient (Wildman–Crippen LogP) is 4.78. The maximum Gasteiger partial charge on any atom is 0.259 e. The molecule has 0 atom stereocenters. The fourth-order valence-electron chi connectivity index (χ4n) is 3.27. The number of carbonyl (C=O) groups excluding carboxylic acids is 2. The average molecular weight is 487 g/mol. The van der Waals surface area contributed by atoms with Crippen molar-refractivity contribution in [1.29, 1.82) is 0 Å². The summed E-state index contributed by atoms with van der Waals surface area (Å²) in [6.45, 7) is 0.611. The molecule has 0 aliphatic heterocycles. The Morgan fingerprint density at radius 2 is 1.83 bits per heavy atom. The number of hydrogen-bond acceptors (Lipinski definition) is 5. The van der Waals surface area contributed by atoms with E-state index in [1.54, 1.807) is 55.8 Å². The Kier molecular flexibility index (Phi) is 7.74. The van der Waals surface area contributed by atoms with E-state index in [-0.39, 0.29) is 18.4 Å². The first kappa shape index (κ1) is 24.0. The van der Waals surface area contributed by atoms with Gasteiger partial charge in [0.25, 0.3) is 5.91 Å². The largest absolute Gasteiger partial charge is 0.484 e. The average Bonchev–Trinajstić information content (AvgIpc) is 3.53. The van der Waals surface area contributed by atoms with E-state index in [2.05, 4.69) is 17.4 Å². The highest BCUT2D eigenvalue weighted by Gasteiger charge is 2.11. The van der Waals surface area contributed by atoms with Crippen molar-refractivity contribution in [3.8, 4) is 16.3 Å². The summed E-state index contributed by atoms with van der Waals surface area (Å²) in [5, 5.41) is 9.62. The van der Waals surface area contributed by atoms with Crippen molar-refractivity contribution in [2.24, 2.45) is 0 Å². The van der Waals surface area contributed by atoms with Crippen LogP contribution >= 0.6 is 11.3 Å². The highest BCUT2D eigenvalue weighted by Crippen LogP contribution is 2.28. The molecule has 1 N–H and O–H groups in total. The van der Waals surface area contributed by atoms with Crippen molar-refractivity contribution < 1.29 is 14.3 Å². The van der Waals surface area contributed by atoms with Gasteiger partial charge in [0.1, 0.15) is 11.4 Å². The zero-order valence-electron chi connectivity index (χ0n) is 19.5. The van der Waals surface area contributed by atoms with Crippen LogP contribution in [-0.2, 0) is 16.1 Å². The lowest BCUT2D eigenvalue weighted by atomic mass is 10.2. The predicted molar refractivity (Wildman–Crippen MR) is 139 cm³/mol. The molecule has 178 valence electrons. The highest BCUT2D eigenvalue weighted by molar-refractivity contribution is 7.13. The molecule has 7 nitrogen and oxygen atoms in total. The number of aromatic nitrogens is 2. The van der Waals surface area contributed by atoms with Gasteiger partial charge in [-0.25, -0.2) is 0 Å². The van der Waals surface area contributed by atoms with Gasteiger partial charge in [-0.1, -0.05) is 36.4 Å². The smallest absolute Gasteiger partial charge is 0.259 e. The topological polar surface area (TPSA) is 76.5 Å². The third-order valence-electron chi connectivity index (χ3n) is 5.13. The van der Waals surface area contributed by atoms with E-state index >= 15 is 0 Å². The molecule has 4 aromatic rings. The molecule has 0 saturated heterocycles. The normalized spacial score (nSPS) is 10.9. The van der Waals surface area contributed by atoms with E-state index < -0.39 is 0 Å². The Balaban J connectivity index is 1.42. The molecule has 2 aromatic heterocycles. The molecule has 4 rings (SSSR count). The number of nitrogens with one attached hydrogen (secondary N) is 1. The minimum Gasteiger partial charge on any atom is -0.484 e. The summed E-state index contributed by atoms with van der Waals surface area (Å²) in [7, 11) is 3.35. The summed E-state index contributed by atoms with van der Waals surface area (Å²) in [6, 6.07) is 21.0. The van der Waals surface area contributed by atoms with Gasteiger partial charge >= 0.3 is 0 Å². The van der Waals surface area contributed by atoms with Crippen molar-refractivity contribution in [2.75, 3.05) is 26.0 Å². The molecule has 0 unspecified atom stereocenters. The van der Waals surface area contributed by atoms with Crippen molar-refractivity contribution in [1.82, 2.24) is 14.7 Å². The summed E-state index contributed by atoms with van der Waals surface area (Å²) in [5.74, 6) is 0.177. The van der Waals surface area contributed by atoms with Gasteiger partial charge < -0.3 is 15.0 Å². The number of carbonyl (C=O) groups is 2. The Morgan fingerprint density at radius 3 is 2.51 bits per heavy atom. The van der Waals surface area contributed by atoms with Gasteiger partial charge in [-0.3, -0.25) is 14.3 Å². The lowest BCUT2D eigenvalue weighted by Crippen LogP contribution is -2.27. The maximum absolute atomic E-state index is 12.6. The number of ether oxygens (including phenoxy) is 1. The fourth-order valence-corrected chi connectivity index (χ4v) is 4.00. The molecule has 35 heavy (non-hydrogen) atoms. The van der Waals surface area contributed by atoms with Crippen LogP contribution in [0, 0.1) is 0 Å². The van der Waals surface area contributed by atoms with Gasteiger partial charge in [0, 0.05) is 37.6 Å². The summed E-state index contributed by atoms with van der Waals surface area (Å²) in [5.41, 5.74) is 3.49. The van der Waals surface area contributed by atoms with E-state index in [0.717, 1.165) is 21.7 Å². The molecule has 0 aliphatic rings. The first-order valence-electron chi connectivity index (χ1n) is 11.1. The summed E-state index contributed by atoms with van der Waals surface area (Å²) in [4.78, 5) is 26.7. The Morgan fingerprint density at radius 1 is 1.06 bits per heavy atom. The van der Waals surface area contributed by atoms with Crippen molar-refractivity contribution >= 4 is 34.9 Å². The number of thiophene rings is 1. The SMILES string of the molecule is CN(C)C(=O)COc1ccc(NC(=O)/C=C/c2cn(Cc3ccccc3)nc2-c2cccs2)cc1. The van der Waals surface area contributed by atoms with Crippen LogP contribution in [0.3, 0.4) is 0 Å². The van der Waals surface area contributed by atoms with Crippen LogP contribution < -0.4 is 10.1 Å². The number of nitrogens with zero attached hydrogens (tertiary/aromatic N) is 3. The van der Waals surface area contributed by atoms with Crippen LogP contribution in [0.1, 0.15) is 11.1 Å². The van der Waals surface area contributed by atoms with E-state index in [4.69, 9.17) is 9.84 Å². The zero-order valence-corrected chi connectivity index (χ0v) is 20.4. The van der Waals surface area contributed by atoms with Gasteiger partial charge in [0.2, 0.25) is 5.91 Å². The van der Waals surface area contributed by atoms with Crippen LogP contribution in [0.2, 0.25) is 0 Å². The van der Waals surface area contributed by atoms with E-state index in [1.165, 1.54) is 11.0 Å². The van der Waals surface area contributed by atoms with Gasteiger partial charge in [0.05, 0.1) is 11.4 Å². The number of likely N-dealkylation sites (N-methyl/N-ethyl adjacent to an activating group) is 1. The van der Waals surface area contributed by atoms with E-state index in [0.29, 0.717) is 18.0 Å². The first-order valence-corrected chi connectivity index (χ1v) is 11.9. The number of rotatable bonds is 9. The molecular weight excluding hydrogens is 460 g/mol. The third-order valence-corrected chi connectivity index (χ3v) is 6.01. The third kappa shape index (κ3) is 6.68. The Labute approximate surface area is 208 Å². The first-order chi connectivity index (χ1) is 17.0. The number of hydrogen-bond donors (Lipinski definition) is 1. The highest BCUT2D eigenvalue weighted by atomic mass is 32.1. The molecule has 0 saturated carbocycles. The molecule has 0 spiro atoms. The van der Waals surface area contributed by atoms with Gasteiger partial charge in [0.15, 0.2) is 6.61 Å². The summed E-state index contributed by atoms with van der Waals surface area (Å²) < 4.78 is 7.35. The molecule has 0 aliphatic carbocycles. The van der Waals surface area contributed by atoms with Crippen LogP contribution in [-0.4, -0.2) is 47.2 Å². The Hall–Kier alpha value is -4.17. The van der Waals surface area contributed by atoms with Gasteiger partial charge in [-0.05, 0) is 47.4 Å².